The standard InChI is InChI=1S/C14H18BrF3N2/c1-19-9-10-2-3-12(15)8-13(10)20-6-4-11(5-7-20)14(16,17)18/h2-3,8,11,19H,4-7,9H2,1H3. The molecular formula is C14H18BrF3N2. The van der Waals surface area contributed by atoms with Gasteiger partial charge in [-0.3, -0.25) is 0 Å². The highest BCUT2D eigenvalue weighted by Crippen LogP contribution is 2.36. The fourth-order valence-corrected chi connectivity index (χ4v) is 2.97. The van der Waals surface area contributed by atoms with Crippen molar-refractivity contribution in [3.05, 3.63) is 28.2 Å². The summed E-state index contributed by atoms with van der Waals surface area (Å²) < 4.78 is 39.0. The van der Waals surface area contributed by atoms with Crippen molar-refractivity contribution in [2.24, 2.45) is 5.92 Å². The predicted octanol–water partition coefficient (Wildman–Crippen LogP) is 3.95. The Labute approximate surface area is 125 Å². The van der Waals surface area contributed by atoms with E-state index in [2.05, 4.69) is 26.1 Å². The molecule has 1 aromatic rings. The van der Waals surface area contributed by atoms with E-state index in [1.54, 1.807) is 0 Å². The van der Waals surface area contributed by atoms with Gasteiger partial charge in [0.25, 0.3) is 0 Å². The zero-order valence-corrected chi connectivity index (χ0v) is 12.9. The van der Waals surface area contributed by atoms with Crippen molar-refractivity contribution in [1.82, 2.24) is 5.32 Å². The monoisotopic (exact) mass is 350 g/mol. The van der Waals surface area contributed by atoms with Crippen molar-refractivity contribution in [1.29, 1.82) is 0 Å². The maximum atomic E-state index is 12.7. The van der Waals surface area contributed by atoms with Gasteiger partial charge in [0.15, 0.2) is 0 Å². The van der Waals surface area contributed by atoms with Crippen molar-refractivity contribution in [2.75, 3.05) is 25.0 Å². The highest BCUT2D eigenvalue weighted by Gasteiger charge is 2.41. The Bertz CT molecular complexity index is 454. The molecule has 0 bridgehead atoms. The molecule has 0 aromatic heterocycles. The van der Waals surface area contributed by atoms with Crippen molar-refractivity contribution in [3.63, 3.8) is 0 Å². The molecule has 112 valence electrons. The SMILES string of the molecule is CNCc1ccc(Br)cc1N1CCC(C(F)(F)F)CC1. The molecule has 2 rings (SSSR count). The number of rotatable bonds is 3. The number of nitrogens with one attached hydrogen (secondary N) is 1. The Balaban J connectivity index is 2.12. The van der Waals surface area contributed by atoms with Crippen LogP contribution in [0, 0.1) is 5.92 Å². The van der Waals surface area contributed by atoms with Gasteiger partial charge in [0, 0.05) is 29.8 Å². The first-order chi connectivity index (χ1) is 9.41. The Morgan fingerprint density at radius 1 is 1.30 bits per heavy atom. The molecule has 1 heterocycles. The van der Waals surface area contributed by atoms with Gasteiger partial charge in [-0.1, -0.05) is 22.0 Å². The molecule has 1 aliphatic heterocycles. The van der Waals surface area contributed by atoms with Crippen LogP contribution in [0.15, 0.2) is 22.7 Å². The zero-order valence-electron chi connectivity index (χ0n) is 11.3. The fourth-order valence-electron chi connectivity index (χ4n) is 2.62. The molecule has 0 unspecified atom stereocenters. The summed E-state index contributed by atoms with van der Waals surface area (Å²) in [6.07, 6.45) is -3.71. The first kappa shape index (κ1) is 15.6. The molecule has 1 N–H and O–H groups in total. The van der Waals surface area contributed by atoms with E-state index in [1.807, 2.05) is 25.2 Å². The van der Waals surface area contributed by atoms with Gasteiger partial charge < -0.3 is 10.2 Å². The van der Waals surface area contributed by atoms with Gasteiger partial charge >= 0.3 is 6.18 Å². The summed E-state index contributed by atoms with van der Waals surface area (Å²) in [5.41, 5.74) is 2.13. The van der Waals surface area contributed by atoms with E-state index in [9.17, 15) is 13.2 Å². The van der Waals surface area contributed by atoms with E-state index in [4.69, 9.17) is 0 Å². The lowest BCUT2D eigenvalue weighted by atomic mass is 9.95. The number of nitrogens with zero attached hydrogens (tertiary/aromatic N) is 1. The first-order valence-electron chi connectivity index (χ1n) is 6.66. The third-order valence-electron chi connectivity index (χ3n) is 3.71. The van der Waals surface area contributed by atoms with Crippen LogP contribution in [0.4, 0.5) is 18.9 Å². The van der Waals surface area contributed by atoms with Gasteiger partial charge in [-0.25, -0.2) is 0 Å². The lowest BCUT2D eigenvalue weighted by Gasteiger charge is -2.35. The van der Waals surface area contributed by atoms with Gasteiger partial charge in [0.05, 0.1) is 5.92 Å². The summed E-state index contributed by atoms with van der Waals surface area (Å²) in [4.78, 5) is 2.06. The minimum absolute atomic E-state index is 0.176. The van der Waals surface area contributed by atoms with Crippen molar-refractivity contribution >= 4 is 21.6 Å². The van der Waals surface area contributed by atoms with Gasteiger partial charge in [-0.2, -0.15) is 13.2 Å². The molecule has 0 atom stereocenters. The summed E-state index contributed by atoms with van der Waals surface area (Å²) in [5.74, 6) is -1.15. The molecule has 0 aliphatic carbocycles. The summed E-state index contributed by atoms with van der Waals surface area (Å²) in [6, 6.07) is 5.95. The molecule has 2 nitrogen and oxygen atoms in total. The number of piperidine rings is 1. The van der Waals surface area contributed by atoms with Gasteiger partial charge in [0.2, 0.25) is 0 Å². The number of anilines is 1. The minimum atomic E-state index is -4.06. The van der Waals surface area contributed by atoms with E-state index >= 15 is 0 Å². The normalized spacial score (nSPS) is 17.6. The Morgan fingerprint density at radius 3 is 2.50 bits per heavy atom. The lowest BCUT2D eigenvalue weighted by molar-refractivity contribution is -0.179. The molecule has 20 heavy (non-hydrogen) atoms. The van der Waals surface area contributed by atoms with Crippen LogP contribution in [0.1, 0.15) is 18.4 Å². The highest BCUT2D eigenvalue weighted by molar-refractivity contribution is 9.10. The Hall–Kier alpha value is -0.750. The highest BCUT2D eigenvalue weighted by atomic mass is 79.9. The second-order valence-electron chi connectivity index (χ2n) is 5.11. The summed E-state index contributed by atoms with van der Waals surface area (Å²) in [6.45, 7) is 1.62. The van der Waals surface area contributed by atoms with Gasteiger partial charge in [0.1, 0.15) is 0 Å². The van der Waals surface area contributed by atoms with Crippen LogP contribution in [0.2, 0.25) is 0 Å². The molecule has 0 radical (unpaired) electrons. The van der Waals surface area contributed by atoms with Crippen LogP contribution in [-0.2, 0) is 6.54 Å². The molecule has 1 aromatic carbocycles. The second-order valence-corrected chi connectivity index (χ2v) is 6.02. The molecule has 1 fully saturated rings. The lowest BCUT2D eigenvalue weighted by Crippen LogP contribution is -2.39. The summed E-state index contributed by atoms with van der Waals surface area (Å²) in [5, 5.41) is 3.09. The molecule has 1 saturated heterocycles. The topological polar surface area (TPSA) is 15.3 Å². The van der Waals surface area contributed by atoms with E-state index in [-0.39, 0.29) is 12.8 Å². The van der Waals surface area contributed by atoms with Crippen LogP contribution >= 0.6 is 15.9 Å². The Kier molecular flexibility index (Phi) is 4.96. The molecule has 6 heteroatoms. The quantitative estimate of drug-likeness (QED) is 0.887. The van der Waals surface area contributed by atoms with Crippen LogP contribution in [0.25, 0.3) is 0 Å². The van der Waals surface area contributed by atoms with Crippen molar-refractivity contribution < 1.29 is 13.2 Å². The fraction of sp³-hybridized carbons (Fsp3) is 0.571. The van der Waals surface area contributed by atoms with E-state index < -0.39 is 12.1 Å². The second kappa shape index (κ2) is 6.35. The number of hydrogen-bond acceptors (Lipinski definition) is 2. The van der Waals surface area contributed by atoms with Gasteiger partial charge in [-0.05, 0) is 37.6 Å². The average molecular weight is 351 g/mol. The largest absolute Gasteiger partial charge is 0.391 e. The first-order valence-corrected chi connectivity index (χ1v) is 7.46. The van der Waals surface area contributed by atoms with Crippen LogP contribution in [0.3, 0.4) is 0 Å². The molecule has 0 saturated carbocycles. The van der Waals surface area contributed by atoms with E-state index in [0.717, 1.165) is 15.7 Å². The molecule has 0 amide bonds. The zero-order chi connectivity index (χ0) is 14.8. The molecular weight excluding hydrogens is 333 g/mol. The maximum absolute atomic E-state index is 12.7. The Morgan fingerprint density at radius 2 is 1.95 bits per heavy atom. The molecule has 1 aliphatic rings. The van der Waals surface area contributed by atoms with Crippen LogP contribution in [0.5, 0.6) is 0 Å². The van der Waals surface area contributed by atoms with E-state index in [1.165, 1.54) is 0 Å². The predicted molar refractivity (Wildman–Crippen MR) is 77.9 cm³/mol. The summed E-state index contributed by atoms with van der Waals surface area (Å²) in [7, 11) is 1.86. The molecule has 0 spiro atoms. The third kappa shape index (κ3) is 3.67. The number of halogens is 4. The maximum Gasteiger partial charge on any atom is 0.391 e. The smallest absolute Gasteiger partial charge is 0.371 e. The van der Waals surface area contributed by atoms with Crippen molar-refractivity contribution in [2.45, 2.75) is 25.6 Å². The number of alkyl halides is 3. The number of benzene rings is 1. The van der Waals surface area contributed by atoms with Crippen molar-refractivity contribution in [3.8, 4) is 0 Å². The third-order valence-corrected chi connectivity index (χ3v) is 4.21. The summed E-state index contributed by atoms with van der Waals surface area (Å²) >= 11 is 3.43. The average Bonchev–Trinajstić information content (AvgIpc) is 2.40. The van der Waals surface area contributed by atoms with E-state index in [0.29, 0.717) is 19.6 Å². The van der Waals surface area contributed by atoms with Gasteiger partial charge in [-0.15, -0.1) is 0 Å². The minimum Gasteiger partial charge on any atom is -0.371 e. The van der Waals surface area contributed by atoms with Crippen LogP contribution in [-0.4, -0.2) is 26.3 Å². The number of hydrogen-bond donors (Lipinski definition) is 1. The van der Waals surface area contributed by atoms with Crippen LogP contribution < -0.4 is 10.2 Å².